The molecule has 2 aromatic heterocycles. The first-order valence-electron chi connectivity index (χ1n) is 6.42. The maximum Gasteiger partial charge on any atom is 0.278 e. The van der Waals surface area contributed by atoms with Crippen LogP contribution in [0.4, 0.5) is 5.69 Å². The van der Waals surface area contributed by atoms with Crippen molar-refractivity contribution in [2.75, 3.05) is 12.8 Å². The van der Waals surface area contributed by atoms with E-state index in [1.54, 1.807) is 25.4 Å². The van der Waals surface area contributed by atoms with Gasteiger partial charge in [-0.2, -0.15) is 4.98 Å². The van der Waals surface area contributed by atoms with E-state index in [1.807, 2.05) is 24.3 Å². The van der Waals surface area contributed by atoms with E-state index < -0.39 is 0 Å². The SMILES string of the molecule is COc1ccc(Cc2noc(-c3ncccc3N)n2)cc1. The summed E-state index contributed by atoms with van der Waals surface area (Å²) in [5.41, 5.74) is 7.93. The van der Waals surface area contributed by atoms with Crippen molar-refractivity contribution in [3.8, 4) is 17.3 Å². The molecule has 0 spiro atoms. The largest absolute Gasteiger partial charge is 0.497 e. The zero-order chi connectivity index (χ0) is 14.7. The number of nitrogens with two attached hydrogens (primary N) is 1. The molecule has 0 unspecified atom stereocenters. The number of aromatic nitrogens is 3. The van der Waals surface area contributed by atoms with Gasteiger partial charge in [-0.1, -0.05) is 17.3 Å². The molecule has 3 aromatic rings. The second kappa shape index (κ2) is 5.62. The van der Waals surface area contributed by atoms with Crippen LogP contribution < -0.4 is 10.5 Å². The number of pyridine rings is 1. The average molecular weight is 282 g/mol. The topological polar surface area (TPSA) is 87.1 Å². The first-order chi connectivity index (χ1) is 10.3. The lowest BCUT2D eigenvalue weighted by molar-refractivity contribution is 0.414. The van der Waals surface area contributed by atoms with Gasteiger partial charge in [0.15, 0.2) is 11.5 Å². The maximum absolute atomic E-state index is 5.84. The molecule has 21 heavy (non-hydrogen) atoms. The van der Waals surface area contributed by atoms with Crippen LogP contribution in [0.2, 0.25) is 0 Å². The predicted octanol–water partition coefficient (Wildman–Crippen LogP) is 2.31. The minimum atomic E-state index is 0.330. The molecule has 1 aromatic carbocycles. The summed E-state index contributed by atoms with van der Waals surface area (Å²) in [5, 5.41) is 3.96. The Balaban J connectivity index is 1.80. The van der Waals surface area contributed by atoms with Crippen LogP contribution in [-0.4, -0.2) is 22.2 Å². The van der Waals surface area contributed by atoms with Crippen LogP contribution in [0.1, 0.15) is 11.4 Å². The molecule has 0 saturated carbocycles. The van der Waals surface area contributed by atoms with Crippen LogP contribution >= 0.6 is 0 Å². The lowest BCUT2D eigenvalue weighted by Crippen LogP contribution is -1.94. The third-order valence-corrected chi connectivity index (χ3v) is 3.03. The quantitative estimate of drug-likeness (QED) is 0.790. The number of nitrogens with zero attached hydrogens (tertiary/aromatic N) is 3. The van der Waals surface area contributed by atoms with Gasteiger partial charge in [0.05, 0.1) is 12.8 Å². The number of methoxy groups -OCH3 is 1. The number of rotatable bonds is 4. The monoisotopic (exact) mass is 282 g/mol. The highest BCUT2D eigenvalue weighted by molar-refractivity contribution is 5.65. The molecule has 0 aliphatic carbocycles. The highest BCUT2D eigenvalue weighted by atomic mass is 16.5. The first-order valence-corrected chi connectivity index (χ1v) is 6.42. The van der Waals surface area contributed by atoms with Crippen molar-refractivity contribution in [1.29, 1.82) is 0 Å². The van der Waals surface area contributed by atoms with E-state index in [1.165, 1.54) is 0 Å². The Kier molecular flexibility index (Phi) is 3.51. The van der Waals surface area contributed by atoms with Gasteiger partial charge in [0.25, 0.3) is 5.89 Å². The molecular weight excluding hydrogens is 268 g/mol. The molecule has 2 heterocycles. The van der Waals surface area contributed by atoms with Crippen molar-refractivity contribution in [1.82, 2.24) is 15.1 Å². The number of hydrogen-bond acceptors (Lipinski definition) is 6. The number of nitrogen functional groups attached to an aromatic ring is 1. The smallest absolute Gasteiger partial charge is 0.278 e. The molecule has 2 N–H and O–H groups in total. The molecule has 0 amide bonds. The molecule has 0 aliphatic rings. The van der Waals surface area contributed by atoms with Gasteiger partial charge >= 0.3 is 0 Å². The Bertz CT molecular complexity index is 737. The summed E-state index contributed by atoms with van der Waals surface area (Å²) in [4.78, 5) is 8.48. The molecule has 0 fully saturated rings. The predicted molar refractivity (Wildman–Crippen MR) is 77.7 cm³/mol. The first kappa shape index (κ1) is 13.1. The number of hydrogen-bond donors (Lipinski definition) is 1. The second-order valence-corrected chi connectivity index (χ2v) is 4.48. The van der Waals surface area contributed by atoms with Crippen molar-refractivity contribution in [2.45, 2.75) is 6.42 Å². The van der Waals surface area contributed by atoms with Crippen LogP contribution in [-0.2, 0) is 6.42 Å². The fraction of sp³-hybridized carbons (Fsp3) is 0.133. The third-order valence-electron chi connectivity index (χ3n) is 3.03. The Morgan fingerprint density at radius 2 is 2.00 bits per heavy atom. The Morgan fingerprint density at radius 1 is 1.19 bits per heavy atom. The Hall–Kier alpha value is -2.89. The molecule has 0 radical (unpaired) electrons. The van der Waals surface area contributed by atoms with Gasteiger partial charge in [-0.15, -0.1) is 0 Å². The number of ether oxygens (including phenoxy) is 1. The van der Waals surface area contributed by atoms with E-state index in [-0.39, 0.29) is 0 Å². The lowest BCUT2D eigenvalue weighted by atomic mass is 10.1. The van der Waals surface area contributed by atoms with Crippen LogP contribution in [0.5, 0.6) is 5.75 Å². The van der Waals surface area contributed by atoms with E-state index in [0.717, 1.165) is 11.3 Å². The standard InChI is InChI=1S/C15H14N4O2/c1-20-11-6-4-10(5-7-11)9-13-18-15(21-19-13)14-12(16)3-2-8-17-14/h2-8H,9,16H2,1H3. The summed E-state index contributed by atoms with van der Waals surface area (Å²) in [6, 6.07) is 11.2. The van der Waals surface area contributed by atoms with Crippen molar-refractivity contribution in [3.05, 3.63) is 54.0 Å². The maximum atomic E-state index is 5.84. The fourth-order valence-corrected chi connectivity index (χ4v) is 1.94. The van der Waals surface area contributed by atoms with Crippen molar-refractivity contribution in [3.63, 3.8) is 0 Å². The molecule has 0 saturated heterocycles. The van der Waals surface area contributed by atoms with E-state index in [0.29, 0.717) is 29.5 Å². The van der Waals surface area contributed by atoms with Gasteiger partial charge in [-0.3, -0.25) is 0 Å². The van der Waals surface area contributed by atoms with Crippen molar-refractivity contribution < 1.29 is 9.26 Å². The summed E-state index contributed by atoms with van der Waals surface area (Å²) in [6.45, 7) is 0. The highest BCUT2D eigenvalue weighted by Gasteiger charge is 2.13. The van der Waals surface area contributed by atoms with Crippen LogP contribution in [0.25, 0.3) is 11.6 Å². The zero-order valence-corrected chi connectivity index (χ0v) is 11.5. The third kappa shape index (κ3) is 2.84. The van der Waals surface area contributed by atoms with E-state index in [4.69, 9.17) is 15.0 Å². The molecule has 0 bridgehead atoms. The number of anilines is 1. The summed E-state index contributed by atoms with van der Waals surface area (Å²) in [6.07, 6.45) is 2.21. The van der Waals surface area contributed by atoms with E-state index in [9.17, 15) is 0 Å². The molecule has 0 atom stereocenters. The second-order valence-electron chi connectivity index (χ2n) is 4.48. The van der Waals surface area contributed by atoms with Crippen LogP contribution in [0.3, 0.4) is 0 Å². The van der Waals surface area contributed by atoms with Gasteiger partial charge in [0.1, 0.15) is 5.75 Å². The van der Waals surface area contributed by atoms with Gasteiger partial charge in [-0.05, 0) is 29.8 Å². The highest BCUT2D eigenvalue weighted by Crippen LogP contribution is 2.21. The minimum Gasteiger partial charge on any atom is -0.497 e. The average Bonchev–Trinajstić information content (AvgIpc) is 2.97. The van der Waals surface area contributed by atoms with Crippen LogP contribution in [0, 0.1) is 0 Å². The number of benzene rings is 1. The Labute approximate surface area is 121 Å². The van der Waals surface area contributed by atoms with Gasteiger partial charge < -0.3 is 15.0 Å². The van der Waals surface area contributed by atoms with E-state index >= 15 is 0 Å². The molecule has 106 valence electrons. The summed E-state index contributed by atoms with van der Waals surface area (Å²) < 4.78 is 10.3. The van der Waals surface area contributed by atoms with E-state index in [2.05, 4.69) is 15.1 Å². The summed E-state index contributed by atoms with van der Waals surface area (Å²) >= 11 is 0. The molecular formula is C15H14N4O2. The summed E-state index contributed by atoms with van der Waals surface area (Å²) in [7, 11) is 1.64. The molecule has 6 nitrogen and oxygen atoms in total. The molecule has 0 aliphatic heterocycles. The molecule has 3 rings (SSSR count). The van der Waals surface area contributed by atoms with Gasteiger partial charge in [0.2, 0.25) is 0 Å². The van der Waals surface area contributed by atoms with Crippen molar-refractivity contribution in [2.24, 2.45) is 0 Å². The zero-order valence-electron chi connectivity index (χ0n) is 11.5. The van der Waals surface area contributed by atoms with Gasteiger partial charge in [-0.25, -0.2) is 4.98 Å². The Morgan fingerprint density at radius 3 is 2.71 bits per heavy atom. The normalized spacial score (nSPS) is 10.5. The lowest BCUT2D eigenvalue weighted by Gasteiger charge is -2.00. The minimum absolute atomic E-state index is 0.330. The summed E-state index contributed by atoms with van der Waals surface area (Å²) in [5.74, 6) is 1.73. The fourth-order valence-electron chi connectivity index (χ4n) is 1.94. The molecule has 6 heteroatoms. The van der Waals surface area contributed by atoms with Gasteiger partial charge in [0, 0.05) is 12.6 Å². The van der Waals surface area contributed by atoms with Crippen molar-refractivity contribution >= 4 is 5.69 Å². The van der Waals surface area contributed by atoms with Crippen LogP contribution in [0.15, 0.2) is 47.1 Å².